The van der Waals surface area contributed by atoms with Crippen molar-refractivity contribution in [3.63, 3.8) is 0 Å². The Labute approximate surface area is 166 Å². The number of hydrogen-bond acceptors (Lipinski definition) is 2. The van der Waals surface area contributed by atoms with Gasteiger partial charge in [-0.1, -0.05) is 61.4 Å². The molecule has 1 heterocycles. The summed E-state index contributed by atoms with van der Waals surface area (Å²) in [5.74, 6) is 0.963. The van der Waals surface area contributed by atoms with Crippen LogP contribution in [0.15, 0.2) is 85.1 Å². The molecule has 0 saturated carbocycles. The van der Waals surface area contributed by atoms with Gasteiger partial charge in [0.2, 0.25) is 0 Å². The highest BCUT2D eigenvalue weighted by Gasteiger charge is 2.04. The van der Waals surface area contributed by atoms with Crippen molar-refractivity contribution >= 4 is 10.8 Å². The first-order valence-corrected chi connectivity index (χ1v) is 10.1. The standard InChI is InChI=1S/C25H26N2O/c1(4-14-24-17-18-26-27(24)23-12-5-3-6-13-23)2-9-19-28-25-16-15-21-10-7-8-11-22(21)20-25/h3,5-8,10-13,15-18,20H,1-2,4,9,14,19H2. The van der Waals surface area contributed by atoms with Crippen LogP contribution in [0.25, 0.3) is 16.5 Å². The summed E-state index contributed by atoms with van der Waals surface area (Å²) < 4.78 is 7.97. The van der Waals surface area contributed by atoms with Crippen LogP contribution in [0.4, 0.5) is 0 Å². The van der Waals surface area contributed by atoms with Crippen LogP contribution in [0, 0.1) is 0 Å². The fraction of sp³-hybridized carbons (Fsp3) is 0.240. The number of unbranched alkanes of at least 4 members (excludes halogenated alkanes) is 3. The normalized spacial score (nSPS) is 11.0. The summed E-state index contributed by atoms with van der Waals surface area (Å²) in [5, 5.41) is 6.95. The number of para-hydroxylation sites is 1. The fourth-order valence-electron chi connectivity index (χ4n) is 3.53. The lowest BCUT2D eigenvalue weighted by Gasteiger charge is -2.08. The van der Waals surface area contributed by atoms with Gasteiger partial charge in [0.05, 0.1) is 12.3 Å². The second-order valence-corrected chi connectivity index (χ2v) is 7.09. The molecule has 0 saturated heterocycles. The Morgan fingerprint density at radius 3 is 2.39 bits per heavy atom. The number of hydrogen-bond donors (Lipinski definition) is 0. The average molecular weight is 370 g/mol. The molecule has 4 rings (SSSR count). The summed E-state index contributed by atoms with van der Waals surface area (Å²) in [5.41, 5.74) is 2.41. The first kappa shape index (κ1) is 18.3. The van der Waals surface area contributed by atoms with E-state index in [2.05, 4.69) is 77.9 Å². The number of ether oxygens (including phenoxy) is 1. The van der Waals surface area contributed by atoms with Crippen LogP contribution >= 0.6 is 0 Å². The maximum absolute atomic E-state index is 5.93. The van der Waals surface area contributed by atoms with E-state index >= 15 is 0 Å². The molecule has 0 amide bonds. The van der Waals surface area contributed by atoms with Crippen molar-refractivity contribution in [3.05, 3.63) is 90.8 Å². The van der Waals surface area contributed by atoms with Crippen LogP contribution in [0.3, 0.4) is 0 Å². The van der Waals surface area contributed by atoms with Crippen LogP contribution in [0.2, 0.25) is 0 Å². The van der Waals surface area contributed by atoms with Gasteiger partial charge < -0.3 is 4.74 Å². The molecule has 0 unspecified atom stereocenters. The van der Waals surface area contributed by atoms with Crippen molar-refractivity contribution in [3.8, 4) is 11.4 Å². The predicted molar refractivity (Wildman–Crippen MR) is 115 cm³/mol. The Kier molecular flexibility index (Phi) is 6.03. The number of fused-ring (bicyclic) bond motifs is 1. The zero-order chi connectivity index (χ0) is 19.0. The second-order valence-electron chi connectivity index (χ2n) is 7.09. The van der Waals surface area contributed by atoms with E-state index in [1.807, 2.05) is 16.9 Å². The molecule has 142 valence electrons. The Morgan fingerprint density at radius 2 is 1.50 bits per heavy atom. The van der Waals surface area contributed by atoms with Gasteiger partial charge in [0.15, 0.2) is 0 Å². The highest BCUT2D eigenvalue weighted by Crippen LogP contribution is 2.21. The summed E-state index contributed by atoms with van der Waals surface area (Å²) in [6.45, 7) is 0.778. The molecule has 3 nitrogen and oxygen atoms in total. The first-order valence-electron chi connectivity index (χ1n) is 10.1. The van der Waals surface area contributed by atoms with Crippen molar-refractivity contribution in [1.29, 1.82) is 0 Å². The molecule has 28 heavy (non-hydrogen) atoms. The third-order valence-electron chi connectivity index (χ3n) is 5.04. The summed E-state index contributed by atoms with van der Waals surface area (Å²) in [4.78, 5) is 0. The van der Waals surface area contributed by atoms with Gasteiger partial charge in [0, 0.05) is 11.9 Å². The molecule has 0 atom stereocenters. The Bertz CT molecular complexity index is 1010. The van der Waals surface area contributed by atoms with E-state index in [0.717, 1.165) is 30.9 Å². The van der Waals surface area contributed by atoms with Crippen LogP contribution in [0.5, 0.6) is 5.75 Å². The quantitative estimate of drug-likeness (QED) is 0.328. The van der Waals surface area contributed by atoms with Gasteiger partial charge in [-0.05, 0) is 60.4 Å². The molecular formula is C25H26N2O. The van der Waals surface area contributed by atoms with E-state index in [9.17, 15) is 0 Å². The molecule has 0 radical (unpaired) electrons. The summed E-state index contributed by atoms with van der Waals surface area (Å²) >= 11 is 0. The van der Waals surface area contributed by atoms with E-state index in [1.54, 1.807) is 0 Å². The van der Waals surface area contributed by atoms with Gasteiger partial charge in [-0.15, -0.1) is 0 Å². The van der Waals surface area contributed by atoms with Gasteiger partial charge in [0.25, 0.3) is 0 Å². The Balaban J connectivity index is 1.17. The van der Waals surface area contributed by atoms with Crippen LogP contribution in [-0.2, 0) is 6.42 Å². The minimum absolute atomic E-state index is 0.778. The smallest absolute Gasteiger partial charge is 0.119 e. The second kappa shape index (κ2) is 9.23. The topological polar surface area (TPSA) is 27.1 Å². The Hall–Kier alpha value is -3.07. The van der Waals surface area contributed by atoms with E-state index in [1.165, 1.54) is 35.7 Å². The van der Waals surface area contributed by atoms with Gasteiger partial charge >= 0.3 is 0 Å². The monoisotopic (exact) mass is 370 g/mol. The summed E-state index contributed by atoms with van der Waals surface area (Å²) in [6.07, 6.45) is 7.60. The highest BCUT2D eigenvalue weighted by molar-refractivity contribution is 5.83. The maximum atomic E-state index is 5.93. The third kappa shape index (κ3) is 4.61. The molecule has 0 aliphatic carbocycles. The van der Waals surface area contributed by atoms with Crippen molar-refractivity contribution < 1.29 is 4.74 Å². The maximum Gasteiger partial charge on any atom is 0.119 e. The number of aromatic nitrogens is 2. The van der Waals surface area contributed by atoms with Gasteiger partial charge in [0.1, 0.15) is 5.75 Å². The predicted octanol–water partition coefficient (Wildman–Crippen LogP) is 6.21. The minimum Gasteiger partial charge on any atom is -0.494 e. The largest absolute Gasteiger partial charge is 0.494 e. The summed E-state index contributed by atoms with van der Waals surface area (Å²) in [6, 6.07) is 27.2. The van der Waals surface area contributed by atoms with Gasteiger partial charge in [-0.2, -0.15) is 5.10 Å². The number of aryl methyl sites for hydroxylation is 1. The minimum atomic E-state index is 0.778. The molecule has 0 aliphatic heterocycles. The van der Waals surface area contributed by atoms with Crippen LogP contribution < -0.4 is 4.74 Å². The molecule has 4 aromatic rings. The molecule has 1 aromatic heterocycles. The SMILES string of the molecule is c1ccc(-n2nccc2CCCCCCOc2ccc3ccccc3c2)cc1. The lowest BCUT2D eigenvalue weighted by Crippen LogP contribution is -2.02. The zero-order valence-electron chi connectivity index (χ0n) is 16.1. The molecule has 3 heteroatoms. The molecule has 0 N–H and O–H groups in total. The van der Waals surface area contributed by atoms with E-state index < -0.39 is 0 Å². The zero-order valence-corrected chi connectivity index (χ0v) is 16.1. The number of rotatable bonds is 9. The Morgan fingerprint density at radius 1 is 0.714 bits per heavy atom. The lowest BCUT2D eigenvalue weighted by molar-refractivity contribution is 0.305. The third-order valence-corrected chi connectivity index (χ3v) is 5.04. The van der Waals surface area contributed by atoms with Crippen LogP contribution in [-0.4, -0.2) is 16.4 Å². The molecule has 3 aromatic carbocycles. The average Bonchev–Trinajstić information content (AvgIpc) is 3.22. The van der Waals surface area contributed by atoms with Crippen molar-refractivity contribution in [2.24, 2.45) is 0 Å². The number of benzene rings is 3. The van der Waals surface area contributed by atoms with Crippen molar-refractivity contribution in [2.75, 3.05) is 6.61 Å². The van der Waals surface area contributed by atoms with Crippen molar-refractivity contribution in [2.45, 2.75) is 32.1 Å². The van der Waals surface area contributed by atoms with Crippen LogP contribution in [0.1, 0.15) is 31.4 Å². The molecular weight excluding hydrogens is 344 g/mol. The van der Waals surface area contributed by atoms with Gasteiger partial charge in [-0.3, -0.25) is 0 Å². The highest BCUT2D eigenvalue weighted by atomic mass is 16.5. The fourth-order valence-corrected chi connectivity index (χ4v) is 3.53. The molecule has 0 spiro atoms. The molecule has 0 bridgehead atoms. The van der Waals surface area contributed by atoms with E-state index in [4.69, 9.17) is 4.74 Å². The van der Waals surface area contributed by atoms with E-state index in [-0.39, 0.29) is 0 Å². The molecule has 0 aliphatic rings. The summed E-state index contributed by atoms with van der Waals surface area (Å²) in [7, 11) is 0. The molecule has 0 fully saturated rings. The van der Waals surface area contributed by atoms with Gasteiger partial charge in [-0.25, -0.2) is 4.68 Å². The van der Waals surface area contributed by atoms with Crippen molar-refractivity contribution in [1.82, 2.24) is 9.78 Å². The number of nitrogens with zero attached hydrogens (tertiary/aromatic N) is 2. The first-order chi connectivity index (χ1) is 13.9. The van der Waals surface area contributed by atoms with E-state index in [0.29, 0.717) is 0 Å². The lowest BCUT2D eigenvalue weighted by atomic mass is 10.1.